The van der Waals surface area contributed by atoms with Crippen molar-refractivity contribution in [2.45, 2.75) is 19.9 Å². The van der Waals surface area contributed by atoms with Crippen LogP contribution in [-0.2, 0) is 0 Å². The summed E-state index contributed by atoms with van der Waals surface area (Å²) >= 11 is 0. The van der Waals surface area contributed by atoms with Crippen molar-refractivity contribution in [3.8, 4) is 11.6 Å². The summed E-state index contributed by atoms with van der Waals surface area (Å²) in [5.74, 6) is 1.53. The van der Waals surface area contributed by atoms with Gasteiger partial charge >= 0.3 is 0 Å². The Bertz CT molecular complexity index is 760. The van der Waals surface area contributed by atoms with Crippen LogP contribution >= 0.6 is 0 Å². The number of fused-ring (bicyclic) bond motifs is 1. The van der Waals surface area contributed by atoms with Gasteiger partial charge in [-0.05, 0) is 12.1 Å². The normalized spacial score (nSPS) is 19.1. The number of nitrogens with zero attached hydrogens (tertiary/aromatic N) is 5. The molecular weight excluding hydrogens is 329 g/mol. The van der Waals surface area contributed by atoms with Crippen LogP contribution in [-0.4, -0.2) is 59.4 Å². The van der Waals surface area contributed by atoms with Crippen LogP contribution in [0.4, 0.5) is 10.3 Å². The third kappa shape index (κ3) is 3.11. The molecule has 2 aliphatic rings. The number of hydrogen-bond acceptors (Lipinski definition) is 8. The summed E-state index contributed by atoms with van der Waals surface area (Å²) in [5, 5.41) is 3.95. The third-order valence-corrected chi connectivity index (χ3v) is 4.57. The van der Waals surface area contributed by atoms with Crippen molar-refractivity contribution in [3.05, 3.63) is 23.5 Å². The van der Waals surface area contributed by atoms with E-state index in [2.05, 4.69) is 24.9 Å². The molecule has 0 aliphatic carbocycles. The molecule has 2 aliphatic heterocycles. The molecule has 2 aromatic rings. The summed E-state index contributed by atoms with van der Waals surface area (Å²) < 4.78 is 30.3. The number of ether oxygens (including phenoxy) is 2. The predicted octanol–water partition coefficient (Wildman–Crippen LogP) is 1.57. The van der Waals surface area contributed by atoms with E-state index < -0.39 is 0 Å². The molecule has 0 N–H and O–H groups in total. The van der Waals surface area contributed by atoms with Gasteiger partial charge in [-0.1, -0.05) is 0 Å². The van der Waals surface area contributed by atoms with Gasteiger partial charge in [0.1, 0.15) is 19.0 Å². The van der Waals surface area contributed by atoms with Crippen LogP contribution in [0.15, 0.2) is 10.6 Å². The molecule has 4 rings (SSSR count). The molecule has 1 unspecified atom stereocenters. The van der Waals surface area contributed by atoms with Crippen molar-refractivity contribution in [2.75, 3.05) is 44.3 Å². The van der Waals surface area contributed by atoms with Crippen LogP contribution < -0.4 is 14.4 Å². The summed E-state index contributed by atoms with van der Waals surface area (Å²) in [6.07, 6.45) is 0. The Morgan fingerprint density at radius 1 is 1.12 bits per heavy atom. The first-order valence-corrected chi connectivity index (χ1v) is 8.37. The molecule has 1 atom stereocenters. The second-order valence-corrected chi connectivity index (χ2v) is 6.17. The highest BCUT2D eigenvalue weighted by atomic mass is 19.1. The fraction of sp³-hybridized carbons (Fsp3) is 0.562. The van der Waals surface area contributed by atoms with E-state index in [-0.39, 0.29) is 11.9 Å². The predicted molar refractivity (Wildman–Crippen MR) is 86.4 cm³/mol. The van der Waals surface area contributed by atoms with Crippen molar-refractivity contribution < 1.29 is 18.4 Å². The Hall–Kier alpha value is -2.42. The lowest BCUT2D eigenvalue weighted by molar-refractivity contribution is 0.157. The first-order chi connectivity index (χ1) is 12.1. The Labute approximate surface area is 144 Å². The molecule has 0 spiro atoms. The zero-order valence-corrected chi connectivity index (χ0v) is 14.2. The minimum atomic E-state index is -0.368. The highest BCUT2D eigenvalue weighted by Crippen LogP contribution is 2.33. The smallest absolute Gasteiger partial charge is 0.266 e. The molecule has 0 bridgehead atoms. The van der Waals surface area contributed by atoms with E-state index in [0.29, 0.717) is 42.4 Å². The summed E-state index contributed by atoms with van der Waals surface area (Å²) in [6, 6.07) is 1.20. The van der Waals surface area contributed by atoms with Crippen LogP contribution in [0.2, 0.25) is 0 Å². The number of hydrogen-bond donors (Lipinski definition) is 0. The second kappa shape index (κ2) is 6.47. The fourth-order valence-electron chi connectivity index (χ4n) is 3.16. The van der Waals surface area contributed by atoms with E-state index in [1.807, 2.05) is 6.92 Å². The van der Waals surface area contributed by atoms with Gasteiger partial charge in [0.15, 0.2) is 5.75 Å². The Morgan fingerprint density at radius 2 is 1.88 bits per heavy atom. The van der Waals surface area contributed by atoms with E-state index in [0.717, 1.165) is 26.2 Å². The number of rotatable bonds is 3. The van der Waals surface area contributed by atoms with Gasteiger partial charge < -0.3 is 18.9 Å². The van der Waals surface area contributed by atoms with Gasteiger partial charge in [-0.3, -0.25) is 4.90 Å². The molecule has 25 heavy (non-hydrogen) atoms. The van der Waals surface area contributed by atoms with Gasteiger partial charge in [-0.25, -0.2) is 9.37 Å². The molecule has 0 aromatic carbocycles. The molecule has 8 nitrogen and oxygen atoms in total. The molecular formula is C16H20FN5O3. The first kappa shape index (κ1) is 16.1. The SMILES string of the molecule is Cc1nc(N2CCN(C(C)c3nc4c(cc3F)OCCO4)CC2)no1. The molecule has 0 radical (unpaired) electrons. The number of anilines is 1. The lowest BCUT2D eigenvalue weighted by atomic mass is 10.1. The Balaban J connectivity index is 1.46. The second-order valence-electron chi connectivity index (χ2n) is 6.17. The molecule has 134 valence electrons. The zero-order valence-electron chi connectivity index (χ0n) is 14.2. The lowest BCUT2D eigenvalue weighted by Gasteiger charge is -2.37. The highest BCUT2D eigenvalue weighted by Gasteiger charge is 2.28. The van der Waals surface area contributed by atoms with E-state index >= 15 is 0 Å². The standard InChI is InChI=1S/C16H20FN5O3/c1-10(14-12(17)9-13-15(19-14)24-8-7-23-13)21-3-5-22(6-4-21)16-18-11(2)25-20-16/h9-10H,3-8H2,1-2H3. The maximum atomic E-state index is 14.5. The number of aromatic nitrogens is 3. The lowest BCUT2D eigenvalue weighted by Crippen LogP contribution is -2.47. The number of piperazine rings is 1. The van der Waals surface area contributed by atoms with Crippen LogP contribution in [0, 0.1) is 12.7 Å². The molecule has 0 amide bonds. The fourth-order valence-corrected chi connectivity index (χ4v) is 3.16. The highest BCUT2D eigenvalue weighted by molar-refractivity contribution is 5.37. The molecule has 1 saturated heterocycles. The van der Waals surface area contributed by atoms with Crippen molar-refractivity contribution in [1.82, 2.24) is 20.0 Å². The Morgan fingerprint density at radius 3 is 2.60 bits per heavy atom. The topological polar surface area (TPSA) is 76.8 Å². The number of pyridine rings is 1. The van der Waals surface area contributed by atoms with Crippen LogP contribution in [0.5, 0.6) is 11.6 Å². The van der Waals surface area contributed by atoms with Crippen LogP contribution in [0.25, 0.3) is 0 Å². The van der Waals surface area contributed by atoms with Gasteiger partial charge in [-0.2, -0.15) is 4.98 Å². The van der Waals surface area contributed by atoms with Crippen molar-refractivity contribution >= 4 is 5.95 Å². The van der Waals surface area contributed by atoms with E-state index in [1.165, 1.54) is 6.07 Å². The molecule has 1 fully saturated rings. The summed E-state index contributed by atoms with van der Waals surface area (Å²) in [6.45, 7) is 7.57. The van der Waals surface area contributed by atoms with E-state index in [4.69, 9.17) is 14.0 Å². The van der Waals surface area contributed by atoms with Crippen molar-refractivity contribution in [1.29, 1.82) is 0 Å². The quantitative estimate of drug-likeness (QED) is 0.826. The molecule has 4 heterocycles. The van der Waals surface area contributed by atoms with Gasteiger partial charge in [0.05, 0.1) is 11.7 Å². The third-order valence-electron chi connectivity index (χ3n) is 4.57. The van der Waals surface area contributed by atoms with Gasteiger partial charge in [0.2, 0.25) is 5.89 Å². The minimum absolute atomic E-state index is 0.162. The van der Waals surface area contributed by atoms with Gasteiger partial charge in [0.25, 0.3) is 11.8 Å². The summed E-state index contributed by atoms with van der Waals surface area (Å²) in [5.41, 5.74) is 0.383. The largest absolute Gasteiger partial charge is 0.484 e. The van der Waals surface area contributed by atoms with E-state index in [1.54, 1.807) is 6.92 Å². The maximum Gasteiger partial charge on any atom is 0.266 e. The minimum Gasteiger partial charge on any atom is -0.484 e. The first-order valence-electron chi connectivity index (χ1n) is 8.37. The maximum absolute atomic E-state index is 14.5. The number of halogens is 1. The van der Waals surface area contributed by atoms with Crippen LogP contribution in [0.1, 0.15) is 24.6 Å². The molecule has 2 aromatic heterocycles. The molecule has 9 heteroatoms. The zero-order chi connectivity index (χ0) is 17.4. The Kier molecular flexibility index (Phi) is 4.16. The van der Waals surface area contributed by atoms with Crippen molar-refractivity contribution in [2.24, 2.45) is 0 Å². The molecule has 0 saturated carbocycles. The number of aryl methyl sites for hydroxylation is 1. The van der Waals surface area contributed by atoms with Crippen LogP contribution in [0.3, 0.4) is 0 Å². The summed E-state index contributed by atoms with van der Waals surface area (Å²) in [7, 11) is 0. The van der Waals surface area contributed by atoms with E-state index in [9.17, 15) is 4.39 Å². The van der Waals surface area contributed by atoms with Gasteiger partial charge in [0, 0.05) is 39.2 Å². The average Bonchev–Trinajstić information content (AvgIpc) is 3.07. The summed E-state index contributed by atoms with van der Waals surface area (Å²) in [4.78, 5) is 12.9. The van der Waals surface area contributed by atoms with Crippen molar-refractivity contribution in [3.63, 3.8) is 0 Å². The van der Waals surface area contributed by atoms with Gasteiger partial charge in [-0.15, -0.1) is 0 Å². The average molecular weight is 349 g/mol. The monoisotopic (exact) mass is 349 g/mol.